The molecule has 3 rings (SSSR count). The van der Waals surface area contributed by atoms with E-state index in [4.69, 9.17) is 0 Å². The zero-order valence-electron chi connectivity index (χ0n) is 13.0. The Hall–Kier alpha value is -1.96. The highest BCUT2D eigenvalue weighted by atomic mass is 79.9. The molecule has 24 heavy (non-hydrogen) atoms. The van der Waals surface area contributed by atoms with Gasteiger partial charge in [0.05, 0.1) is 21.5 Å². The molecule has 5 nitrogen and oxygen atoms in total. The molecule has 0 fully saturated rings. The number of benzene rings is 1. The van der Waals surface area contributed by atoms with Crippen molar-refractivity contribution in [3.8, 4) is 10.6 Å². The second kappa shape index (κ2) is 7.74. The molecule has 124 valence electrons. The molecule has 0 saturated carbocycles. The van der Waals surface area contributed by atoms with Crippen LogP contribution in [0.1, 0.15) is 21.3 Å². The minimum absolute atomic E-state index is 0.0832. The van der Waals surface area contributed by atoms with Crippen LogP contribution in [-0.4, -0.2) is 29.7 Å². The first kappa shape index (κ1) is 16.9. The summed E-state index contributed by atoms with van der Waals surface area (Å²) in [6.45, 7) is 0.662. The molecular weight excluding hydrogens is 388 g/mol. The van der Waals surface area contributed by atoms with Gasteiger partial charge in [0, 0.05) is 17.2 Å². The molecule has 2 heterocycles. The molecule has 0 radical (unpaired) electrons. The number of nitrogens with zero attached hydrogens (tertiary/aromatic N) is 1. The first-order chi connectivity index (χ1) is 11.7. The zero-order valence-corrected chi connectivity index (χ0v) is 15.4. The first-order valence-electron chi connectivity index (χ1n) is 7.48. The van der Waals surface area contributed by atoms with Crippen molar-refractivity contribution < 1.29 is 4.79 Å². The fourth-order valence-corrected chi connectivity index (χ4v) is 4.18. The molecule has 0 bridgehead atoms. The third-order valence-corrected chi connectivity index (χ3v) is 5.63. The fraction of sp³-hybridized carbons (Fsp3) is 0.176. The van der Waals surface area contributed by atoms with Gasteiger partial charge in [0.1, 0.15) is 0 Å². The maximum atomic E-state index is 12.7. The smallest absolute Gasteiger partial charge is 0.261 e. The van der Waals surface area contributed by atoms with E-state index in [1.54, 1.807) is 6.20 Å². The lowest BCUT2D eigenvalue weighted by atomic mass is 10.1. The molecule has 3 N–H and O–H groups in total. The van der Waals surface area contributed by atoms with Crippen molar-refractivity contribution in [3.05, 3.63) is 63.6 Å². The molecule has 1 atom stereocenters. The van der Waals surface area contributed by atoms with Crippen LogP contribution < -0.4 is 10.6 Å². The summed E-state index contributed by atoms with van der Waals surface area (Å²) in [5.41, 5.74) is 1.96. The summed E-state index contributed by atoms with van der Waals surface area (Å²) < 4.78 is 0.881. The minimum Gasteiger partial charge on any atom is -0.343 e. The van der Waals surface area contributed by atoms with Crippen molar-refractivity contribution in [3.63, 3.8) is 0 Å². The second-order valence-electron chi connectivity index (χ2n) is 5.25. The number of carbonyl (C=O) groups is 1. The monoisotopic (exact) mass is 404 g/mol. The van der Waals surface area contributed by atoms with Gasteiger partial charge in [0.2, 0.25) is 0 Å². The van der Waals surface area contributed by atoms with E-state index in [2.05, 4.69) is 36.8 Å². The quantitative estimate of drug-likeness (QED) is 0.587. The van der Waals surface area contributed by atoms with Gasteiger partial charge in [0.25, 0.3) is 5.91 Å². The number of amides is 1. The summed E-state index contributed by atoms with van der Waals surface area (Å²) in [7, 11) is 1.88. The third-order valence-electron chi connectivity index (χ3n) is 3.57. The topological polar surface area (TPSA) is 69.8 Å². The Bertz CT molecular complexity index is 801. The Labute approximate surface area is 152 Å². The molecule has 1 amide bonds. The summed E-state index contributed by atoms with van der Waals surface area (Å²) in [4.78, 5) is 14.3. The Kier molecular flexibility index (Phi) is 5.44. The van der Waals surface area contributed by atoms with E-state index in [0.717, 1.165) is 20.6 Å². The van der Waals surface area contributed by atoms with Crippen molar-refractivity contribution >= 4 is 33.2 Å². The van der Waals surface area contributed by atoms with Gasteiger partial charge < -0.3 is 10.6 Å². The number of aromatic amines is 1. The van der Waals surface area contributed by atoms with Gasteiger partial charge in [-0.05, 0) is 40.7 Å². The van der Waals surface area contributed by atoms with E-state index in [-0.39, 0.29) is 11.9 Å². The highest BCUT2D eigenvalue weighted by Crippen LogP contribution is 2.35. The molecule has 1 aromatic carbocycles. The van der Waals surface area contributed by atoms with Crippen molar-refractivity contribution in [2.24, 2.45) is 0 Å². The zero-order chi connectivity index (χ0) is 16.9. The average molecular weight is 405 g/mol. The van der Waals surface area contributed by atoms with Crippen molar-refractivity contribution in [2.45, 2.75) is 6.04 Å². The number of H-pyrrole nitrogens is 1. The van der Waals surface area contributed by atoms with Crippen LogP contribution in [0.2, 0.25) is 0 Å². The number of hydrogen-bond donors (Lipinski definition) is 3. The normalized spacial score (nSPS) is 12.1. The van der Waals surface area contributed by atoms with Gasteiger partial charge in [-0.15, -0.1) is 11.3 Å². The maximum Gasteiger partial charge on any atom is 0.261 e. The van der Waals surface area contributed by atoms with E-state index < -0.39 is 0 Å². The number of likely N-dealkylation sites (N-methyl/N-ethyl adjacent to an activating group) is 1. The number of halogens is 1. The van der Waals surface area contributed by atoms with E-state index in [9.17, 15) is 4.79 Å². The van der Waals surface area contributed by atoms with Crippen molar-refractivity contribution in [1.29, 1.82) is 0 Å². The van der Waals surface area contributed by atoms with Crippen LogP contribution in [0.3, 0.4) is 0 Å². The predicted octanol–water partition coefficient (Wildman–Crippen LogP) is 3.59. The highest BCUT2D eigenvalue weighted by Gasteiger charge is 2.19. The molecule has 0 aliphatic heterocycles. The number of nitrogens with one attached hydrogen (secondary N) is 3. The van der Waals surface area contributed by atoms with Crippen LogP contribution in [0.15, 0.2) is 53.1 Å². The molecule has 1 unspecified atom stereocenters. The van der Waals surface area contributed by atoms with E-state index in [1.165, 1.54) is 11.3 Å². The van der Waals surface area contributed by atoms with Crippen LogP contribution in [0.25, 0.3) is 10.6 Å². The minimum atomic E-state index is -0.0874. The Morgan fingerprint density at radius 1 is 1.33 bits per heavy atom. The lowest BCUT2D eigenvalue weighted by Crippen LogP contribution is -2.34. The van der Waals surface area contributed by atoms with Crippen LogP contribution >= 0.6 is 27.3 Å². The van der Waals surface area contributed by atoms with Crippen molar-refractivity contribution in [2.75, 3.05) is 13.6 Å². The second-order valence-corrected chi connectivity index (χ2v) is 7.16. The number of hydrogen-bond acceptors (Lipinski definition) is 4. The van der Waals surface area contributed by atoms with Crippen LogP contribution in [0, 0.1) is 0 Å². The third kappa shape index (κ3) is 3.75. The van der Waals surface area contributed by atoms with E-state index in [1.807, 2.05) is 49.5 Å². The average Bonchev–Trinajstić information content (AvgIpc) is 3.24. The Morgan fingerprint density at radius 3 is 2.79 bits per heavy atom. The van der Waals surface area contributed by atoms with Gasteiger partial charge in [0.15, 0.2) is 0 Å². The molecule has 2 aromatic heterocycles. The Balaban J connectivity index is 1.80. The highest BCUT2D eigenvalue weighted by molar-refractivity contribution is 9.10. The molecule has 0 aliphatic carbocycles. The van der Waals surface area contributed by atoms with Crippen LogP contribution in [-0.2, 0) is 0 Å². The molecule has 7 heteroatoms. The molecule has 3 aromatic rings. The molecular formula is C17H17BrN4OS. The lowest BCUT2D eigenvalue weighted by molar-refractivity contribution is 0.0940. The van der Waals surface area contributed by atoms with Gasteiger partial charge >= 0.3 is 0 Å². The summed E-state index contributed by atoms with van der Waals surface area (Å²) in [5, 5.41) is 13.1. The summed E-state index contributed by atoms with van der Waals surface area (Å²) >= 11 is 4.95. The van der Waals surface area contributed by atoms with Gasteiger partial charge in [-0.2, -0.15) is 5.10 Å². The number of carbonyl (C=O) groups excluding carboxylic acids is 1. The van der Waals surface area contributed by atoms with Gasteiger partial charge in [-0.25, -0.2) is 0 Å². The Morgan fingerprint density at radius 2 is 2.12 bits per heavy atom. The lowest BCUT2D eigenvalue weighted by Gasteiger charge is -2.18. The summed E-state index contributed by atoms with van der Waals surface area (Å²) in [6, 6.07) is 13.6. The predicted molar refractivity (Wildman–Crippen MR) is 100 cm³/mol. The van der Waals surface area contributed by atoms with E-state index >= 15 is 0 Å². The fourth-order valence-electron chi connectivity index (χ4n) is 2.42. The largest absolute Gasteiger partial charge is 0.343 e. The number of rotatable bonds is 6. The first-order valence-corrected chi connectivity index (χ1v) is 9.09. The van der Waals surface area contributed by atoms with Crippen molar-refractivity contribution in [1.82, 2.24) is 20.8 Å². The molecule has 0 aliphatic rings. The van der Waals surface area contributed by atoms with Gasteiger partial charge in [-0.3, -0.25) is 9.89 Å². The summed E-state index contributed by atoms with van der Waals surface area (Å²) in [5.74, 6) is -0.0874. The van der Waals surface area contributed by atoms with E-state index in [0.29, 0.717) is 11.4 Å². The number of aromatic nitrogens is 2. The molecule has 0 saturated heterocycles. The maximum absolute atomic E-state index is 12.7. The summed E-state index contributed by atoms with van der Waals surface area (Å²) in [6.07, 6.45) is 1.69. The molecule has 0 spiro atoms. The van der Waals surface area contributed by atoms with Crippen LogP contribution in [0.4, 0.5) is 0 Å². The standard InChI is InChI=1S/C17H17BrN4OS/c1-19-10-14(11-5-3-2-4-6-11)21-17(23)15-9-12(18)16(24-15)13-7-8-20-22-13/h2-9,14,19H,10H2,1H3,(H,20,22)(H,21,23). The van der Waals surface area contributed by atoms with Crippen LogP contribution in [0.5, 0.6) is 0 Å². The SMILES string of the molecule is CNCC(NC(=O)c1cc(Br)c(-c2ccn[nH]2)s1)c1ccccc1. The van der Waals surface area contributed by atoms with Gasteiger partial charge in [-0.1, -0.05) is 30.3 Å². The number of thiophene rings is 1.